The number of amides is 1. The number of ether oxygens (including phenoxy) is 1. The van der Waals surface area contributed by atoms with Gasteiger partial charge in [-0.15, -0.1) is 0 Å². The average molecular weight is 291 g/mol. The number of aliphatic hydroxyl groups is 1. The first-order chi connectivity index (χ1) is 10.1. The van der Waals surface area contributed by atoms with Crippen LogP contribution in [0, 0.1) is 5.92 Å². The molecule has 2 rings (SSSR count). The summed E-state index contributed by atoms with van der Waals surface area (Å²) in [6.45, 7) is 4.86. The lowest BCUT2D eigenvalue weighted by Crippen LogP contribution is -2.41. The summed E-state index contributed by atoms with van der Waals surface area (Å²) in [6.07, 6.45) is 3.07. The van der Waals surface area contributed by atoms with Gasteiger partial charge in [0.15, 0.2) is 0 Å². The van der Waals surface area contributed by atoms with Crippen molar-refractivity contribution in [2.45, 2.75) is 45.6 Å². The van der Waals surface area contributed by atoms with Gasteiger partial charge in [-0.05, 0) is 29.5 Å². The van der Waals surface area contributed by atoms with E-state index in [9.17, 15) is 9.90 Å². The van der Waals surface area contributed by atoms with Gasteiger partial charge in [-0.2, -0.15) is 0 Å². The summed E-state index contributed by atoms with van der Waals surface area (Å²) in [6, 6.07) is 6.00. The third kappa shape index (κ3) is 4.21. The van der Waals surface area contributed by atoms with E-state index in [0.717, 1.165) is 31.6 Å². The quantitative estimate of drug-likeness (QED) is 0.808. The molecule has 1 heterocycles. The standard InChI is InChI=1S/C17H25NO3/c1-3-12(2)15(11-19)18-17(20)7-5-13-4-6-16-14(10-13)8-9-21-16/h4,6,10,12,15,19H,3,5,7-9,11H2,1-2H3,(H,18,20)/t12-,15-/m1/s1. The monoisotopic (exact) mass is 291 g/mol. The molecule has 0 saturated carbocycles. The lowest BCUT2D eigenvalue weighted by atomic mass is 9.99. The van der Waals surface area contributed by atoms with Crippen molar-refractivity contribution < 1.29 is 14.6 Å². The fourth-order valence-corrected chi connectivity index (χ4v) is 2.58. The average Bonchev–Trinajstić information content (AvgIpc) is 2.97. The van der Waals surface area contributed by atoms with Gasteiger partial charge in [0, 0.05) is 12.8 Å². The Labute approximate surface area is 126 Å². The van der Waals surface area contributed by atoms with Crippen molar-refractivity contribution in [1.29, 1.82) is 0 Å². The first kappa shape index (κ1) is 15.8. The van der Waals surface area contributed by atoms with Crippen LogP contribution in [0.5, 0.6) is 5.75 Å². The first-order valence-electron chi connectivity index (χ1n) is 7.78. The first-order valence-corrected chi connectivity index (χ1v) is 7.78. The summed E-state index contributed by atoms with van der Waals surface area (Å²) < 4.78 is 5.48. The Kier molecular flexibility index (Phi) is 5.62. The molecule has 0 spiro atoms. The SMILES string of the molecule is CC[C@@H](C)[C@@H](CO)NC(=O)CCc1ccc2c(c1)CCO2. The molecule has 0 radical (unpaired) electrons. The van der Waals surface area contributed by atoms with Gasteiger partial charge < -0.3 is 15.2 Å². The van der Waals surface area contributed by atoms with E-state index in [1.54, 1.807) is 0 Å². The molecule has 2 atom stereocenters. The summed E-state index contributed by atoms with van der Waals surface area (Å²) in [5.41, 5.74) is 2.40. The molecule has 1 aromatic rings. The Morgan fingerprint density at radius 1 is 1.48 bits per heavy atom. The third-order valence-corrected chi connectivity index (χ3v) is 4.27. The zero-order chi connectivity index (χ0) is 15.2. The smallest absolute Gasteiger partial charge is 0.220 e. The van der Waals surface area contributed by atoms with Gasteiger partial charge >= 0.3 is 0 Å². The predicted octanol–water partition coefficient (Wildman–Crippen LogP) is 2.08. The van der Waals surface area contributed by atoms with E-state index in [1.165, 1.54) is 11.1 Å². The molecule has 2 N–H and O–H groups in total. The van der Waals surface area contributed by atoms with Crippen molar-refractivity contribution in [1.82, 2.24) is 5.32 Å². The third-order valence-electron chi connectivity index (χ3n) is 4.27. The summed E-state index contributed by atoms with van der Waals surface area (Å²) in [5, 5.41) is 12.3. The minimum absolute atomic E-state index is 0.00304. The Bertz CT molecular complexity index is 487. The number of fused-ring (bicyclic) bond motifs is 1. The molecule has 1 aliphatic rings. The number of nitrogens with one attached hydrogen (secondary N) is 1. The van der Waals surface area contributed by atoms with Crippen LogP contribution in [0.1, 0.15) is 37.8 Å². The van der Waals surface area contributed by atoms with E-state index in [-0.39, 0.29) is 24.5 Å². The number of hydrogen-bond donors (Lipinski definition) is 2. The molecule has 0 saturated heterocycles. The molecular weight excluding hydrogens is 266 g/mol. The number of hydrogen-bond acceptors (Lipinski definition) is 3. The molecule has 1 aliphatic heterocycles. The van der Waals surface area contributed by atoms with E-state index < -0.39 is 0 Å². The molecule has 0 aromatic heterocycles. The topological polar surface area (TPSA) is 58.6 Å². The van der Waals surface area contributed by atoms with Crippen molar-refractivity contribution in [3.8, 4) is 5.75 Å². The molecule has 0 fully saturated rings. The summed E-state index contributed by atoms with van der Waals surface area (Å²) in [5.74, 6) is 1.27. The number of aliphatic hydroxyl groups excluding tert-OH is 1. The van der Waals surface area contributed by atoms with Crippen LogP contribution in [-0.4, -0.2) is 30.3 Å². The maximum absolute atomic E-state index is 12.0. The van der Waals surface area contributed by atoms with E-state index in [0.29, 0.717) is 6.42 Å². The van der Waals surface area contributed by atoms with Crippen molar-refractivity contribution in [2.24, 2.45) is 5.92 Å². The van der Waals surface area contributed by atoms with Gasteiger partial charge in [0.25, 0.3) is 0 Å². The van der Waals surface area contributed by atoms with Gasteiger partial charge in [0.05, 0.1) is 19.3 Å². The second kappa shape index (κ2) is 7.46. The van der Waals surface area contributed by atoms with Gasteiger partial charge in [-0.1, -0.05) is 32.4 Å². The van der Waals surface area contributed by atoms with Gasteiger partial charge in [-0.3, -0.25) is 4.79 Å². The maximum atomic E-state index is 12.0. The zero-order valence-electron chi connectivity index (χ0n) is 12.9. The van der Waals surface area contributed by atoms with E-state index in [4.69, 9.17) is 4.74 Å². The van der Waals surface area contributed by atoms with Crippen molar-refractivity contribution in [2.75, 3.05) is 13.2 Å². The fourth-order valence-electron chi connectivity index (χ4n) is 2.58. The Morgan fingerprint density at radius 3 is 3.00 bits per heavy atom. The molecule has 1 aromatic carbocycles. The van der Waals surface area contributed by atoms with E-state index in [2.05, 4.69) is 18.3 Å². The van der Waals surface area contributed by atoms with Crippen LogP contribution < -0.4 is 10.1 Å². The lowest BCUT2D eigenvalue weighted by Gasteiger charge is -2.22. The molecule has 0 bridgehead atoms. The van der Waals surface area contributed by atoms with E-state index >= 15 is 0 Å². The Balaban J connectivity index is 1.83. The van der Waals surface area contributed by atoms with Crippen LogP contribution in [0.25, 0.3) is 0 Å². The number of aryl methyl sites for hydroxylation is 1. The lowest BCUT2D eigenvalue weighted by molar-refractivity contribution is -0.122. The van der Waals surface area contributed by atoms with Gasteiger partial charge in [0.2, 0.25) is 5.91 Å². The Morgan fingerprint density at radius 2 is 2.29 bits per heavy atom. The molecular formula is C17H25NO3. The van der Waals surface area contributed by atoms with Gasteiger partial charge in [0.1, 0.15) is 5.75 Å². The van der Waals surface area contributed by atoms with Crippen LogP contribution in [0.15, 0.2) is 18.2 Å². The fraction of sp³-hybridized carbons (Fsp3) is 0.588. The van der Waals surface area contributed by atoms with Crippen LogP contribution in [0.4, 0.5) is 0 Å². The van der Waals surface area contributed by atoms with Crippen molar-refractivity contribution in [3.05, 3.63) is 29.3 Å². The molecule has 4 nitrogen and oxygen atoms in total. The minimum Gasteiger partial charge on any atom is -0.493 e. The second-order valence-corrected chi connectivity index (χ2v) is 5.78. The molecule has 1 amide bonds. The van der Waals surface area contributed by atoms with E-state index in [1.807, 2.05) is 19.1 Å². The molecule has 0 aliphatic carbocycles. The second-order valence-electron chi connectivity index (χ2n) is 5.78. The van der Waals surface area contributed by atoms with Crippen LogP contribution in [0.3, 0.4) is 0 Å². The Hall–Kier alpha value is -1.55. The highest BCUT2D eigenvalue weighted by Gasteiger charge is 2.17. The highest BCUT2D eigenvalue weighted by atomic mass is 16.5. The molecule has 4 heteroatoms. The molecule has 116 valence electrons. The normalized spacial score (nSPS) is 16.0. The van der Waals surface area contributed by atoms with Crippen molar-refractivity contribution >= 4 is 5.91 Å². The molecule has 21 heavy (non-hydrogen) atoms. The van der Waals surface area contributed by atoms with Crippen molar-refractivity contribution in [3.63, 3.8) is 0 Å². The highest BCUT2D eigenvalue weighted by molar-refractivity contribution is 5.76. The summed E-state index contributed by atoms with van der Waals surface area (Å²) in [7, 11) is 0. The number of carbonyl (C=O) groups excluding carboxylic acids is 1. The minimum atomic E-state index is -0.143. The van der Waals surface area contributed by atoms with Crippen LogP contribution in [-0.2, 0) is 17.6 Å². The van der Waals surface area contributed by atoms with Crippen LogP contribution in [0.2, 0.25) is 0 Å². The molecule has 0 unspecified atom stereocenters. The number of carbonyl (C=O) groups is 1. The maximum Gasteiger partial charge on any atom is 0.220 e. The number of benzene rings is 1. The number of rotatable bonds is 7. The largest absolute Gasteiger partial charge is 0.493 e. The summed E-state index contributed by atoms with van der Waals surface area (Å²) >= 11 is 0. The highest BCUT2D eigenvalue weighted by Crippen LogP contribution is 2.26. The zero-order valence-corrected chi connectivity index (χ0v) is 12.9. The summed E-state index contributed by atoms with van der Waals surface area (Å²) in [4.78, 5) is 12.0. The predicted molar refractivity (Wildman–Crippen MR) is 82.4 cm³/mol. The van der Waals surface area contributed by atoms with Crippen LogP contribution >= 0.6 is 0 Å². The van der Waals surface area contributed by atoms with Gasteiger partial charge in [-0.25, -0.2) is 0 Å².